The van der Waals surface area contributed by atoms with E-state index < -0.39 is 0 Å². The Morgan fingerprint density at radius 3 is 2.56 bits per heavy atom. The second-order valence-corrected chi connectivity index (χ2v) is 5.62. The lowest BCUT2D eigenvalue weighted by molar-refractivity contribution is 0.235. The highest BCUT2D eigenvalue weighted by Crippen LogP contribution is 2.21. The molecule has 0 unspecified atom stereocenters. The van der Waals surface area contributed by atoms with E-state index in [0.717, 1.165) is 18.8 Å². The zero-order valence-corrected chi connectivity index (χ0v) is 12.5. The Morgan fingerprint density at radius 2 is 2.00 bits per heavy atom. The smallest absolute Gasteiger partial charge is 0.123 e. The molecule has 3 heteroatoms. The van der Waals surface area contributed by atoms with Crippen molar-refractivity contribution in [3.8, 4) is 5.75 Å². The van der Waals surface area contributed by atoms with E-state index in [4.69, 9.17) is 4.74 Å². The summed E-state index contributed by atoms with van der Waals surface area (Å²) in [6, 6.07) is 6.32. The Bertz CT molecular complexity index is 388. The van der Waals surface area contributed by atoms with Crippen molar-refractivity contribution in [3.63, 3.8) is 0 Å². The number of ether oxygens (including phenoxy) is 1. The molecule has 0 aliphatic rings. The van der Waals surface area contributed by atoms with Crippen molar-refractivity contribution in [2.75, 3.05) is 27.7 Å². The van der Waals surface area contributed by atoms with Gasteiger partial charge in [0.2, 0.25) is 0 Å². The van der Waals surface area contributed by atoms with Crippen LogP contribution in [0.4, 0.5) is 0 Å². The van der Waals surface area contributed by atoms with Crippen molar-refractivity contribution in [2.24, 2.45) is 0 Å². The number of nitrogens with zero attached hydrogens (tertiary/aromatic N) is 1. The first-order chi connectivity index (χ1) is 8.38. The summed E-state index contributed by atoms with van der Waals surface area (Å²) in [7, 11) is 5.87. The molecule has 3 nitrogen and oxygen atoms in total. The molecular formula is C15H26N2O. The molecule has 0 amide bonds. The van der Waals surface area contributed by atoms with Gasteiger partial charge in [0.1, 0.15) is 5.75 Å². The summed E-state index contributed by atoms with van der Waals surface area (Å²) >= 11 is 0. The summed E-state index contributed by atoms with van der Waals surface area (Å²) < 4.78 is 5.42. The van der Waals surface area contributed by atoms with Crippen molar-refractivity contribution in [2.45, 2.75) is 32.9 Å². The fraction of sp³-hybridized carbons (Fsp3) is 0.600. The molecule has 1 N–H and O–H groups in total. The average Bonchev–Trinajstić information content (AvgIpc) is 2.28. The summed E-state index contributed by atoms with van der Waals surface area (Å²) in [6.07, 6.45) is 0. The van der Waals surface area contributed by atoms with Gasteiger partial charge in [-0.3, -0.25) is 0 Å². The van der Waals surface area contributed by atoms with Crippen LogP contribution in [-0.4, -0.2) is 38.2 Å². The second kappa shape index (κ2) is 6.21. The second-order valence-electron chi connectivity index (χ2n) is 5.62. The van der Waals surface area contributed by atoms with E-state index in [1.807, 2.05) is 13.1 Å². The Kier molecular flexibility index (Phi) is 5.17. The fourth-order valence-corrected chi connectivity index (χ4v) is 2.13. The van der Waals surface area contributed by atoms with E-state index >= 15 is 0 Å². The summed E-state index contributed by atoms with van der Waals surface area (Å²) in [5.74, 6) is 0.967. The van der Waals surface area contributed by atoms with Gasteiger partial charge in [0.15, 0.2) is 0 Å². The van der Waals surface area contributed by atoms with Crippen LogP contribution >= 0.6 is 0 Å². The van der Waals surface area contributed by atoms with Crippen LogP contribution in [-0.2, 0) is 6.54 Å². The van der Waals surface area contributed by atoms with Crippen molar-refractivity contribution in [1.29, 1.82) is 0 Å². The first-order valence-corrected chi connectivity index (χ1v) is 6.39. The van der Waals surface area contributed by atoms with E-state index in [1.54, 1.807) is 7.11 Å². The van der Waals surface area contributed by atoms with Gasteiger partial charge >= 0.3 is 0 Å². The van der Waals surface area contributed by atoms with Gasteiger partial charge in [-0.2, -0.15) is 0 Å². The van der Waals surface area contributed by atoms with Crippen molar-refractivity contribution < 1.29 is 4.74 Å². The molecule has 0 saturated carbocycles. The van der Waals surface area contributed by atoms with Gasteiger partial charge in [0, 0.05) is 24.2 Å². The largest absolute Gasteiger partial charge is 0.496 e. The monoisotopic (exact) mass is 250 g/mol. The van der Waals surface area contributed by atoms with Gasteiger partial charge in [-0.25, -0.2) is 0 Å². The lowest BCUT2D eigenvalue weighted by Gasteiger charge is -2.30. The van der Waals surface area contributed by atoms with Crippen LogP contribution in [0, 0.1) is 6.92 Å². The van der Waals surface area contributed by atoms with Crippen molar-refractivity contribution in [1.82, 2.24) is 10.2 Å². The molecule has 0 atom stereocenters. The van der Waals surface area contributed by atoms with E-state index in [2.05, 4.69) is 50.2 Å². The van der Waals surface area contributed by atoms with Crippen LogP contribution in [0.2, 0.25) is 0 Å². The Hall–Kier alpha value is -1.06. The molecule has 0 spiro atoms. The van der Waals surface area contributed by atoms with Crippen molar-refractivity contribution >= 4 is 0 Å². The standard InChI is InChI=1S/C15H26N2O/c1-12-7-8-14(18-6)13(9-12)10-17(5)11-15(2,3)16-4/h7-9,16H,10-11H2,1-6H3. The lowest BCUT2D eigenvalue weighted by atomic mass is 10.0. The maximum absolute atomic E-state index is 5.42. The highest BCUT2D eigenvalue weighted by Gasteiger charge is 2.18. The number of methoxy groups -OCH3 is 1. The third-order valence-corrected chi connectivity index (χ3v) is 3.22. The van der Waals surface area contributed by atoms with Crippen LogP contribution in [0.15, 0.2) is 18.2 Å². The van der Waals surface area contributed by atoms with Gasteiger partial charge < -0.3 is 15.0 Å². The summed E-state index contributed by atoms with van der Waals surface area (Å²) in [4.78, 5) is 2.31. The minimum atomic E-state index is 0.117. The third kappa shape index (κ3) is 4.31. The predicted octanol–water partition coefficient (Wildman–Crippen LogP) is 2.43. The van der Waals surface area contributed by atoms with E-state index in [9.17, 15) is 0 Å². The molecule has 0 aliphatic heterocycles. The van der Waals surface area contributed by atoms with Crippen LogP contribution in [0.5, 0.6) is 5.75 Å². The van der Waals surface area contributed by atoms with Crippen LogP contribution in [0.25, 0.3) is 0 Å². The molecule has 0 radical (unpaired) electrons. The molecule has 1 rings (SSSR count). The van der Waals surface area contributed by atoms with Gasteiger partial charge in [0.05, 0.1) is 7.11 Å². The van der Waals surface area contributed by atoms with Gasteiger partial charge in [-0.05, 0) is 40.9 Å². The molecule has 0 aromatic heterocycles. The molecule has 1 aromatic carbocycles. The van der Waals surface area contributed by atoms with Crippen LogP contribution in [0.1, 0.15) is 25.0 Å². The molecule has 1 aromatic rings. The van der Waals surface area contributed by atoms with E-state index in [1.165, 1.54) is 11.1 Å². The van der Waals surface area contributed by atoms with Gasteiger partial charge in [0.25, 0.3) is 0 Å². The zero-order chi connectivity index (χ0) is 13.8. The number of rotatable bonds is 6. The Balaban J connectivity index is 2.75. The molecule has 0 bridgehead atoms. The minimum Gasteiger partial charge on any atom is -0.496 e. The summed E-state index contributed by atoms with van der Waals surface area (Å²) in [5, 5.41) is 3.33. The molecule has 0 saturated heterocycles. The number of benzene rings is 1. The SMILES string of the molecule is CNC(C)(C)CN(C)Cc1cc(C)ccc1OC. The molecule has 0 fully saturated rings. The lowest BCUT2D eigenvalue weighted by Crippen LogP contribution is -2.46. The number of aryl methyl sites for hydroxylation is 1. The number of nitrogens with one attached hydrogen (secondary N) is 1. The Labute approximate surface area is 111 Å². The number of hydrogen-bond acceptors (Lipinski definition) is 3. The first kappa shape index (κ1) is 15.0. The predicted molar refractivity (Wildman–Crippen MR) is 77.2 cm³/mol. The Morgan fingerprint density at radius 1 is 1.33 bits per heavy atom. The quantitative estimate of drug-likeness (QED) is 0.839. The zero-order valence-electron chi connectivity index (χ0n) is 12.5. The molecular weight excluding hydrogens is 224 g/mol. The topological polar surface area (TPSA) is 24.5 Å². The maximum Gasteiger partial charge on any atom is 0.123 e. The maximum atomic E-state index is 5.42. The van der Waals surface area contributed by atoms with Crippen molar-refractivity contribution in [3.05, 3.63) is 29.3 Å². The summed E-state index contributed by atoms with van der Waals surface area (Å²) in [5.41, 5.74) is 2.63. The minimum absolute atomic E-state index is 0.117. The number of hydrogen-bond donors (Lipinski definition) is 1. The molecule has 0 heterocycles. The highest BCUT2D eigenvalue weighted by molar-refractivity contribution is 5.36. The number of likely N-dealkylation sites (N-methyl/N-ethyl adjacent to an activating group) is 2. The normalized spacial score (nSPS) is 11.9. The fourth-order valence-electron chi connectivity index (χ4n) is 2.13. The van der Waals surface area contributed by atoms with Gasteiger partial charge in [-0.15, -0.1) is 0 Å². The van der Waals surface area contributed by atoms with Crippen LogP contribution in [0.3, 0.4) is 0 Å². The van der Waals surface area contributed by atoms with E-state index in [-0.39, 0.29) is 5.54 Å². The third-order valence-electron chi connectivity index (χ3n) is 3.22. The van der Waals surface area contributed by atoms with Gasteiger partial charge in [-0.1, -0.05) is 17.7 Å². The molecule has 0 aliphatic carbocycles. The molecule has 102 valence electrons. The van der Waals surface area contributed by atoms with Crippen LogP contribution < -0.4 is 10.1 Å². The van der Waals surface area contributed by atoms with E-state index in [0.29, 0.717) is 0 Å². The first-order valence-electron chi connectivity index (χ1n) is 6.39. The average molecular weight is 250 g/mol. The molecule has 18 heavy (non-hydrogen) atoms. The highest BCUT2D eigenvalue weighted by atomic mass is 16.5. The summed E-state index contributed by atoms with van der Waals surface area (Å²) in [6.45, 7) is 8.41.